The van der Waals surface area contributed by atoms with Gasteiger partial charge in [0, 0.05) is 23.6 Å². The number of benzene rings is 2. The van der Waals surface area contributed by atoms with Crippen molar-refractivity contribution in [2.75, 3.05) is 14.2 Å². The minimum absolute atomic E-state index is 0.108. The van der Waals surface area contributed by atoms with Crippen LogP contribution in [0.3, 0.4) is 0 Å². The molecule has 2 aromatic carbocycles. The van der Waals surface area contributed by atoms with E-state index in [9.17, 15) is 19.8 Å². The highest BCUT2D eigenvalue weighted by molar-refractivity contribution is 6.18. The van der Waals surface area contributed by atoms with E-state index in [1.807, 2.05) is 0 Å². The minimum atomic E-state index is -0.591. The number of hydrogen-bond acceptors (Lipinski definition) is 8. The Morgan fingerprint density at radius 3 is 2.30 bits per heavy atom. The van der Waals surface area contributed by atoms with Gasteiger partial charge in [-0.3, -0.25) is 9.59 Å². The van der Waals surface area contributed by atoms with E-state index in [2.05, 4.69) is 5.16 Å². The molecule has 0 fully saturated rings. The lowest BCUT2D eigenvalue weighted by Gasteiger charge is -2.15. The number of ether oxygens (including phenoxy) is 2. The van der Waals surface area contributed by atoms with Crippen molar-refractivity contribution >= 4 is 23.5 Å². The molecule has 0 unspecified atom stereocenters. The lowest BCUT2D eigenvalue weighted by Crippen LogP contribution is -2.12. The zero-order chi connectivity index (χ0) is 22.4. The molecule has 0 atom stereocenters. The van der Waals surface area contributed by atoms with Crippen LogP contribution in [0, 0.1) is 0 Å². The molecule has 0 spiro atoms. The second kappa shape index (κ2) is 9.60. The monoisotopic (exact) mass is 413 g/mol. The van der Waals surface area contributed by atoms with Crippen LogP contribution in [-0.2, 0) is 9.63 Å². The van der Waals surface area contributed by atoms with Gasteiger partial charge in [-0.15, -0.1) is 0 Å². The maximum Gasteiger partial charge on any atom is 0.308 e. The van der Waals surface area contributed by atoms with Crippen molar-refractivity contribution in [3.63, 3.8) is 0 Å². The first-order valence-corrected chi connectivity index (χ1v) is 8.96. The molecule has 2 N–H and O–H groups in total. The molecule has 8 heteroatoms. The second-order valence-corrected chi connectivity index (χ2v) is 6.23. The summed E-state index contributed by atoms with van der Waals surface area (Å²) >= 11 is 0. The Balaban J connectivity index is 2.80. The van der Waals surface area contributed by atoms with Crippen LogP contribution in [0.25, 0.3) is 6.08 Å². The molecular weight excluding hydrogens is 390 g/mol. The van der Waals surface area contributed by atoms with Gasteiger partial charge in [-0.05, 0) is 38.1 Å². The quantitative estimate of drug-likeness (QED) is 0.234. The van der Waals surface area contributed by atoms with Gasteiger partial charge >= 0.3 is 5.97 Å². The Morgan fingerprint density at radius 2 is 1.73 bits per heavy atom. The molecule has 0 saturated carbocycles. The number of aromatic hydroxyl groups is 2. The van der Waals surface area contributed by atoms with Crippen molar-refractivity contribution < 1.29 is 34.1 Å². The molecule has 0 aliphatic heterocycles. The zero-order valence-electron chi connectivity index (χ0n) is 17.3. The molecule has 0 heterocycles. The SMILES string of the molecule is C/C=C/c1cc(/C(C)=N/OC)c(C(=O)c2ccc(O)c(OC)c2O)cc1OC(C)=O. The summed E-state index contributed by atoms with van der Waals surface area (Å²) < 4.78 is 10.2. The fourth-order valence-corrected chi connectivity index (χ4v) is 2.91. The molecule has 0 bridgehead atoms. The molecule has 2 aromatic rings. The summed E-state index contributed by atoms with van der Waals surface area (Å²) in [5, 5.41) is 24.2. The van der Waals surface area contributed by atoms with Crippen LogP contribution in [0.1, 0.15) is 47.8 Å². The van der Waals surface area contributed by atoms with Crippen molar-refractivity contribution in [2.24, 2.45) is 5.16 Å². The van der Waals surface area contributed by atoms with Gasteiger partial charge in [-0.1, -0.05) is 17.3 Å². The average molecular weight is 413 g/mol. The Labute approximate surface area is 174 Å². The molecule has 0 aliphatic rings. The predicted molar refractivity (Wildman–Crippen MR) is 111 cm³/mol. The summed E-state index contributed by atoms with van der Waals surface area (Å²) in [5.74, 6) is -2.02. The number of hydrogen-bond donors (Lipinski definition) is 2. The van der Waals surface area contributed by atoms with Crippen molar-refractivity contribution in [1.82, 2.24) is 0 Å². The molecule has 0 aromatic heterocycles. The van der Waals surface area contributed by atoms with Crippen molar-refractivity contribution in [3.8, 4) is 23.0 Å². The summed E-state index contributed by atoms with van der Waals surface area (Å²) in [5.41, 5.74) is 1.37. The first-order valence-electron chi connectivity index (χ1n) is 8.96. The van der Waals surface area contributed by atoms with Crippen molar-refractivity contribution in [3.05, 3.63) is 52.6 Å². The third-order valence-electron chi connectivity index (χ3n) is 4.17. The number of carbonyl (C=O) groups is 2. The molecular formula is C22H23NO7. The molecule has 2 rings (SSSR count). The van der Waals surface area contributed by atoms with Gasteiger partial charge < -0.3 is 24.5 Å². The lowest BCUT2D eigenvalue weighted by atomic mass is 9.92. The van der Waals surface area contributed by atoms with Crippen molar-refractivity contribution in [1.29, 1.82) is 0 Å². The maximum absolute atomic E-state index is 13.3. The number of phenols is 2. The number of esters is 1. The number of carbonyl (C=O) groups excluding carboxylic acids is 2. The summed E-state index contributed by atoms with van der Waals surface area (Å²) in [6.07, 6.45) is 3.48. The average Bonchev–Trinajstić information content (AvgIpc) is 2.69. The number of rotatable bonds is 7. The Bertz CT molecular complexity index is 1040. The van der Waals surface area contributed by atoms with E-state index in [4.69, 9.17) is 14.3 Å². The number of methoxy groups -OCH3 is 1. The molecule has 0 amide bonds. The van der Waals surface area contributed by atoms with Gasteiger partial charge in [-0.2, -0.15) is 0 Å². The number of oxime groups is 1. The highest BCUT2D eigenvalue weighted by atomic mass is 16.6. The van der Waals surface area contributed by atoms with Crippen LogP contribution in [0.2, 0.25) is 0 Å². The van der Waals surface area contributed by atoms with E-state index in [1.165, 1.54) is 39.3 Å². The van der Waals surface area contributed by atoms with Gasteiger partial charge in [0.15, 0.2) is 17.3 Å². The first-order chi connectivity index (χ1) is 14.2. The van der Waals surface area contributed by atoms with E-state index < -0.39 is 17.5 Å². The van der Waals surface area contributed by atoms with Gasteiger partial charge in [0.1, 0.15) is 12.9 Å². The minimum Gasteiger partial charge on any atom is -0.504 e. The molecule has 0 radical (unpaired) electrons. The van der Waals surface area contributed by atoms with E-state index in [0.717, 1.165) is 0 Å². The third kappa shape index (κ3) is 4.60. The van der Waals surface area contributed by atoms with E-state index >= 15 is 0 Å². The normalized spacial score (nSPS) is 11.4. The summed E-state index contributed by atoms with van der Waals surface area (Å²) in [4.78, 5) is 29.7. The standard InChI is InChI=1S/C22H23NO7/c1-6-7-14-10-16(12(2)23-29-5)17(11-19(14)30-13(3)24)20(26)15-8-9-18(25)22(28-4)21(15)27/h6-11,25,27H,1-5H3/b7-6+,23-12+. The number of allylic oxidation sites excluding steroid dienone is 1. The summed E-state index contributed by atoms with van der Waals surface area (Å²) in [7, 11) is 2.64. The fraction of sp³-hybridized carbons (Fsp3) is 0.227. The number of nitrogens with zero attached hydrogens (tertiary/aromatic N) is 1. The number of phenolic OH excluding ortho intramolecular Hbond substituents is 2. The molecule has 0 saturated heterocycles. The third-order valence-corrected chi connectivity index (χ3v) is 4.17. The smallest absolute Gasteiger partial charge is 0.308 e. The fourth-order valence-electron chi connectivity index (χ4n) is 2.91. The second-order valence-electron chi connectivity index (χ2n) is 6.23. The molecule has 30 heavy (non-hydrogen) atoms. The van der Waals surface area contributed by atoms with E-state index in [0.29, 0.717) is 16.8 Å². The highest BCUT2D eigenvalue weighted by Crippen LogP contribution is 2.39. The lowest BCUT2D eigenvalue weighted by molar-refractivity contribution is -0.131. The van der Waals surface area contributed by atoms with Crippen LogP contribution in [-0.4, -0.2) is 41.9 Å². The van der Waals surface area contributed by atoms with Crippen LogP contribution < -0.4 is 9.47 Å². The summed E-state index contributed by atoms with van der Waals surface area (Å²) in [6.45, 7) is 4.70. The molecule has 158 valence electrons. The van der Waals surface area contributed by atoms with Crippen LogP contribution in [0.4, 0.5) is 0 Å². The Kier molecular flexibility index (Phi) is 7.19. The Hall–Kier alpha value is -3.81. The molecule has 8 nitrogen and oxygen atoms in total. The Morgan fingerprint density at radius 1 is 1.03 bits per heavy atom. The van der Waals surface area contributed by atoms with Gasteiger partial charge in [0.25, 0.3) is 0 Å². The van der Waals surface area contributed by atoms with Crippen LogP contribution in [0.5, 0.6) is 23.0 Å². The van der Waals surface area contributed by atoms with E-state index in [-0.39, 0.29) is 28.4 Å². The zero-order valence-corrected chi connectivity index (χ0v) is 17.3. The van der Waals surface area contributed by atoms with Crippen molar-refractivity contribution in [2.45, 2.75) is 20.8 Å². The van der Waals surface area contributed by atoms with Gasteiger partial charge in [0.05, 0.1) is 18.4 Å². The van der Waals surface area contributed by atoms with E-state index in [1.54, 1.807) is 32.1 Å². The first kappa shape index (κ1) is 22.5. The largest absolute Gasteiger partial charge is 0.504 e. The predicted octanol–water partition coefficient (Wildman–Crippen LogP) is 3.67. The maximum atomic E-state index is 13.3. The van der Waals surface area contributed by atoms with Crippen LogP contribution in [0.15, 0.2) is 35.5 Å². The number of ketones is 1. The van der Waals surface area contributed by atoms with Gasteiger partial charge in [-0.25, -0.2) is 0 Å². The van der Waals surface area contributed by atoms with Crippen LogP contribution >= 0.6 is 0 Å². The molecule has 0 aliphatic carbocycles. The van der Waals surface area contributed by atoms with Gasteiger partial charge in [0.2, 0.25) is 5.75 Å². The summed E-state index contributed by atoms with van der Waals surface area (Å²) in [6, 6.07) is 5.55. The highest BCUT2D eigenvalue weighted by Gasteiger charge is 2.24. The topological polar surface area (TPSA) is 115 Å².